The standard InChI is InChI=1S/C15H12BrClN2O3/c16-11-1-6-14(10(7-11)8-18-21)22-9-15(20)19-13-4-2-12(17)3-5-13/h1-8,21H,9H2,(H,19,20)/b18-8-. The number of carbonyl (C=O) groups is 1. The summed E-state index contributed by atoms with van der Waals surface area (Å²) in [7, 11) is 0. The molecule has 0 atom stereocenters. The molecule has 2 rings (SSSR count). The van der Waals surface area contributed by atoms with Crippen LogP contribution >= 0.6 is 27.5 Å². The van der Waals surface area contributed by atoms with E-state index in [1.165, 1.54) is 6.21 Å². The normalized spacial score (nSPS) is 10.6. The molecule has 114 valence electrons. The van der Waals surface area contributed by atoms with E-state index in [0.29, 0.717) is 22.0 Å². The Morgan fingerprint density at radius 2 is 2.05 bits per heavy atom. The summed E-state index contributed by atoms with van der Waals surface area (Å²) in [5.74, 6) is 0.129. The van der Waals surface area contributed by atoms with Crippen LogP contribution in [0.3, 0.4) is 0 Å². The van der Waals surface area contributed by atoms with E-state index in [-0.39, 0.29) is 12.5 Å². The minimum absolute atomic E-state index is 0.170. The van der Waals surface area contributed by atoms with Crippen LogP contribution < -0.4 is 10.1 Å². The third-order valence-corrected chi connectivity index (χ3v) is 3.40. The topological polar surface area (TPSA) is 70.9 Å². The summed E-state index contributed by atoms with van der Waals surface area (Å²) < 4.78 is 6.25. The molecule has 5 nitrogen and oxygen atoms in total. The van der Waals surface area contributed by atoms with E-state index in [1.807, 2.05) is 0 Å². The van der Waals surface area contributed by atoms with Crippen molar-refractivity contribution in [3.63, 3.8) is 0 Å². The van der Waals surface area contributed by atoms with Gasteiger partial charge in [0.1, 0.15) is 5.75 Å². The van der Waals surface area contributed by atoms with Crippen LogP contribution in [0.2, 0.25) is 5.02 Å². The molecule has 0 bridgehead atoms. The Hall–Kier alpha value is -2.05. The van der Waals surface area contributed by atoms with Gasteiger partial charge in [-0.25, -0.2) is 0 Å². The maximum absolute atomic E-state index is 11.8. The molecule has 0 saturated heterocycles. The highest BCUT2D eigenvalue weighted by Crippen LogP contribution is 2.22. The lowest BCUT2D eigenvalue weighted by molar-refractivity contribution is -0.118. The first kappa shape index (κ1) is 16.3. The predicted octanol–water partition coefficient (Wildman–Crippen LogP) is 3.93. The molecular weight excluding hydrogens is 372 g/mol. The summed E-state index contributed by atoms with van der Waals surface area (Å²) in [6.45, 7) is -0.170. The van der Waals surface area contributed by atoms with Crippen molar-refractivity contribution < 1.29 is 14.7 Å². The smallest absolute Gasteiger partial charge is 0.262 e. The fraction of sp³-hybridized carbons (Fsp3) is 0.0667. The number of hydrogen-bond donors (Lipinski definition) is 2. The lowest BCUT2D eigenvalue weighted by atomic mass is 10.2. The van der Waals surface area contributed by atoms with Gasteiger partial charge >= 0.3 is 0 Å². The quantitative estimate of drug-likeness (QED) is 0.467. The van der Waals surface area contributed by atoms with Crippen molar-refractivity contribution in [3.05, 3.63) is 57.5 Å². The summed E-state index contributed by atoms with van der Waals surface area (Å²) >= 11 is 9.08. The van der Waals surface area contributed by atoms with Gasteiger partial charge in [0, 0.05) is 20.7 Å². The largest absolute Gasteiger partial charge is 0.483 e. The predicted molar refractivity (Wildman–Crippen MR) is 89.1 cm³/mol. The molecule has 7 heteroatoms. The minimum atomic E-state index is -0.308. The maximum Gasteiger partial charge on any atom is 0.262 e. The van der Waals surface area contributed by atoms with Crippen LogP contribution in [-0.4, -0.2) is 23.9 Å². The Morgan fingerprint density at radius 3 is 2.73 bits per heavy atom. The molecule has 2 aromatic carbocycles. The van der Waals surface area contributed by atoms with Gasteiger partial charge < -0.3 is 15.3 Å². The van der Waals surface area contributed by atoms with Crippen LogP contribution in [0.5, 0.6) is 5.75 Å². The lowest BCUT2D eigenvalue weighted by Crippen LogP contribution is -2.20. The molecular formula is C15H12BrClN2O3. The SMILES string of the molecule is O=C(COc1ccc(Br)cc1/C=N\O)Nc1ccc(Cl)cc1. The number of carbonyl (C=O) groups excluding carboxylic acids is 1. The number of anilines is 1. The van der Waals surface area contributed by atoms with E-state index in [9.17, 15) is 4.79 Å². The molecule has 0 aliphatic rings. The molecule has 0 heterocycles. The number of hydrogen-bond acceptors (Lipinski definition) is 4. The van der Waals surface area contributed by atoms with Gasteiger partial charge in [0.25, 0.3) is 5.91 Å². The number of amides is 1. The average molecular weight is 384 g/mol. The second-order valence-electron chi connectivity index (χ2n) is 4.27. The molecule has 0 fully saturated rings. The Morgan fingerprint density at radius 1 is 1.32 bits per heavy atom. The second-order valence-corrected chi connectivity index (χ2v) is 5.62. The van der Waals surface area contributed by atoms with E-state index in [4.69, 9.17) is 21.5 Å². The van der Waals surface area contributed by atoms with Gasteiger partial charge in [-0.05, 0) is 42.5 Å². The first-order valence-electron chi connectivity index (χ1n) is 6.23. The molecule has 0 radical (unpaired) electrons. The lowest BCUT2D eigenvalue weighted by Gasteiger charge is -2.10. The van der Waals surface area contributed by atoms with E-state index in [2.05, 4.69) is 26.4 Å². The Bertz CT molecular complexity index is 690. The van der Waals surface area contributed by atoms with Crippen molar-refractivity contribution in [3.8, 4) is 5.75 Å². The zero-order chi connectivity index (χ0) is 15.9. The summed E-state index contributed by atoms with van der Waals surface area (Å²) in [5, 5.41) is 14.9. The second kappa shape index (κ2) is 7.82. The van der Waals surface area contributed by atoms with Crippen molar-refractivity contribution in [2.24, 2.45) is 5.16 Å². The first-order chi connectivity index (χ1) is 10.6. The van der Waals surface area contributed by atoms with Crippen LogP contribution in [0, 0.1) is 0 Å². The van der Waals surface area contributed by atoms with E-state index < -0.39 is 0 Å². The van der Waals surface area contributed by atoms with Crippen molar-refractivity contribution in [2.75, 3.05) is 11.9 Å². The average Bonchev–Trinajstić information content (AvgIpc) is 2.49. The molecule has 0 spiro atoms. The van der Waals surface area contributed by atoms with E-state index >= 15 is 0 Å². The summed E-state index contributed by atoms with van der Waals surface area (Å²) in [6, 6.07) is 11.9. The summed E-state index contributed by atoms with van der Waals surface area (Å²) in [5.41, 5.74) is 1.18. The maximum atomic E-state index is 11.8. The number of nitrogens with zero attached hydrogens (tertiary/aromatic N) is 1. The number of halogens is 2. The van der Waals surface area contributed by atoms with Crippen molar-refractivity contribution in [2.45, 2.75) is 0 Å². The third kappa shape index (κ3) is 4.75. The van der Waals surface area contributed by atoms with Gasteiger partial charge in [-0.15, -0.1) is 0 Å². The zero-order valence-corrected chi connectivity index (χ0v) is 13.6. The molecule has 0 aliphatic heterocycles. The van der Waals surface area contributed by atoms with Gasteiger partial charge in [0.05, 0.1) is 6.21 Å². The van der Waals surface area contributed by atoms with E-state index in [0.717, 1.165) is 4.47 Å². The van der Waals surface area contributed by atoms with Gasteiger partial charge in [0.2, 0.25) is 0 Å². The van der Waals surface area contributed by atoms with Crippen LogP contribution in [0.15, 0.2) is 52.1 Å². The molecule has 22 heavy (non-hydrogen) atoms. The van der Waals surface area contributed by atoms with Crippen molar-refractivity contribution in [1.82, 2.24) is 0 Å². The van der Waals surface area contributed by atoms with Gasteiger partial charge in [-0.2, -0.15) is 0 Å². The highest BCUT2D eigenvalue weighted by atomic mass is 79.9. The van der Waals surface area contributed by atoms with Crippen LogP contribution in [0.1, 0.15) is 5.56 Å². The molecule has 1 amide bonds. The number of oxime groups is 1. The number of benzene rings is 2. The summed E-state index contributed by atoms with van der Waals surface area (Å²) in [6.07, 6.45) is 1.23. The highest BCUT2D eigenvalue weighted by molar-refractivity contribution is 9.10. The highest BCUT2D eigenvalue weighted by Gasteiger charge is 2.07. The van der Waals surface area contributed by atoms with Crippen LogP contribution in [0.25, 0.3) is 0 Å². The van der Waals surface area contributed by atoms with Crippen molar-refractivity contribution >= 4 is 45.3 Å². The fourth-order valence-corrected chi connectivity index (χ4v) is 2.19. The molecule has 2 aromatic rings. The molecule has 0 saturated carbocycles. The van der Waals surface area contributed by atoms with Crippen molar-refractivity contribution in [1.29, 1.82) is 0 Å². The molecule has 2 N–H and O–H groups in total. The first-order valence-corrected chi connectivity index (χ1v) is 7.41. The Labute approximate surface area is 140 Å². The van der Waals surface area contributed by atoms with Gasteiger partial charge in [0.15, 0.2) is 6.61 Å². The zero-order valence-electron chi connectivity index (χ0n) is 11.3. The molecule has 0 aliphatic carbocycles. The van der Waals surface area contributed by atoms with Gasteiger partial charge in [-0.1, -0.05) is 32.7 Å². The minimum Gasteiger partial charge on any atom is -0.483 e. The number of ether oxygens (including phenoxy) is 1. The van der Waals surface area contributed by atoms with Crippen LogP contribution in [-0.2, 0) is 4.79 Å². The number of rotatable bonds is 5. The number of nitrogens with one attached hydrogen (secondary N) is 1. The van der Waals surface area contributed by atoms with Crippen LogP contribution in [0.4, 0.5) is 5.69 Å². The third-order valence-electron chi connectivity index (χ3n) is 2.66. The Kier molecular flexibility index (Phi) is 5.80. The molecule has 0 unspecified atom stereocenters. The molecule has 0 aromatic heterocycles. The summed E-state index contributed by atoms with van der Waals surface area (Å²) in [4.78, 5) is 11.8. The Balaban J connectivity index is 1.97. The van der Waals surface area contributed by atoms with Gasteiger partial charge in [-0.3, -0.25) is 4.79 Å². The monoisotopic (exact) mass is 382 g/mol. The van der Waals surface area contributed by atoms with E-state index in [1.54, 1.807) is 42.5 Å². The fourth-order valence-electron chi connectivity index (χ4n) is 1.69.